The summed E-state index contributed by atoms with van der Waals surface area (Å²) >= 11 is 0. The second kappa shape index (κ2) is 7.56. The van der Waals surface area contributed by atoms with Gasteiger partial charge in [0, 0.05) is 18.1 Å². The second-order valence-electron chi connectivity index (χ2n) is 10.1. The second-order valence-corrected chi connectivity index (χ2v) is 10.1. The van der Waals surface area contributed by atoms with Crippen molar-refractivity contribution in [3.8, 4) is 0 Å². The third kappa shape index (κ3) is 4.21. The Labute approximate surface area is 154 Å². The van der Waals surface area contributed by atoms with E-state index in [2.05, 4.69) is 50.6 Å². The number of hydrogen-bond acceptors (Lipinski definition) is 3. The Morgan fingerprint density at radius 2 is 1.80 bits per heavy atom. The molecule has 4 nitrogen and oxygen atoms in total. The van der Waals surface area contributed by atoms with Crippen LogP contribution in [0.3, 0.4) is 0 Å². The number of rotatable bonds is 3. The van der Waals surface area contributed by atoms with Crippen LogP contribution >= 0.6 is 0 Å². The number of fused-ring (bicyclic) bond motifs is 1. The van der Waals surface area contributed by atoms with Crippen LogP contribution in [0.1, 0.15) is 73.1 Å². The van der Waals surface area contributed by atoms with Crippen molar-refractivity contribution in [1.29, 1.82) is 0 Å². The molecule has 3 rings (SSSR count). The minimum absolute atomic E-state index is 0.000651. The van der Waals surface area contributed by atoms with Crippen molar-refractivity contribution in [3.05, 3.63) is 0 Å². The van der Waals surface area contributed by atoms with Gasteiger partial charge >= 0.3 is 0 Å². The van der Waals surface area contributed by atoms with Gasteiger partial charge < -0.3 is 16.0 Å². The molecule has 0 radical (unpaired) electrons. The van der Waals surface area contributed by atoms with E-state index in [4.69, 9.17) is 0 Å². The smallest absolute Gasteiger partial charge is 0.237 e. The summed E-state index contributed by atoms with van der Waals surface area (Å²) in [6.07, 6.45) is 7.43. The molecular formula is C21H39N3O. The molecule has 0 aromatic heterocycles. The van der Waals surface area contributed by atoms with E-state index in [9.17, 15) is 4.79 Å². The summed E-state index contributed by atoms with van der Waals surface area (Å²) < 4.78 is 0. The summed E-state index contributed by atoms with van der Waals surface area (Å²) in [5.41, 5.74) is 0.0532. The maximum absolute atomic E-state index is 13.1. The molecule has 7 atom stereocenters. The summed E-state index contributed by atoms with van der Waals surface area (Å²) in [6, 6.07) is 1.10. The lowest BCUT2D eigenvalue weighted by molar-refractivity contribution is -0.125. The Kier molecular flexibility index (Phi) is 5.79. The number of nitrogens with one attached hydrogen (secondary N) is 3. The SMILES string of the molecule is CC1CCCC2CC(C(=O)NC(C3NCCCC3C)C(C)(C)C)NC12. The summed E-state index contributed by atoms with van der Waals surface area (Å²) in [6.45, 7) is 12.5. The van der Waals surface area contributed by atoms with Crippen molar-refractivity contribution >= 4 is 5.91 Å². The molecular weight excluding hydrogens is 310 g/mol. The molecule has 2 aliphatic heterocycles. The molecule has 1 saturated carbocycles. The Balaban J connectivity index is 1.66. The number of carbonyl (C=O) groups is 1. The predicted molar refractivity (Wildman–Crippen MR) is 103 cm³/mol. The van der Waals surface area contributed by atoms with E-state index in [0.29, 0.717) is 29.8 Å². The first-order valence-corrected chi connectivity index (χ1v) is 10.6. The highest BCUT2D eigenvalue weighted by Gasteiger charge is 2.43. The third-order valence-electron chi connectivity index (χ3n) is 7.02. The number of amides is 1. The van der Waals surface area contributed by atoms with Crippen LogP contribution in [0.15, 0.2) is 0 Å². The first-order chi connectivity index (χ1) is 11.8. The van der Waals surface area contributed by atoms with Gasteiger partial charge in [-0.1, -0.05) is 41.0 Å². The number of piperidine rings is 1. The van der Waals surface area contributed by atoms with Gasteiger partial charge in [0.05, 0.1) is 6.04 Å². The van der Waals surface area contributed by atoms with Gasteiger partial charge in [-0.05, 0) is 61.8 Å². The van der Waals surface area contributed by atoms with Crippen LogP contribution in [-0.4, -0.2) is 36.6 Å². The lowest BCUT2D eigenvalue weighted by Crippen LogP contribution is -2.62. The van der Waals surface area contributed by atoms with Gasteiger partial charge in [0.1, 0.15) is 0 Å². The maximum Gasteiger partial charge on any atom is 0.237 e. The van der Waals surface area contributed by atoms with Crippen LogP contribution in [-0.2, 0) is 4.79 Å². The van der Waals surface area contributed by atoms with Crippen LogP contribution in [0.5, 0.6) is 0 Å². The van der Waals surface area contributed by atoms with Crippen molar-refractivity contribution < 1.29 is 4.79 Å². The minimum Gasteiger partial charge on any atom is -0.350 e. The molecule has 2 saturated heterocycles. The molecule has 0 aromatic rings. The first kappa shape index (κ1) is 19.2. The van der Waals surface area contributed by atoms with Crippen molar-refractivity contribution in [2.45, 2.75) is 97.3 Å². The van der Waals surface area contributed by atoms with E-state index in [-0.39, 0.29) is 23.4 Å². The van der Waals surface area contributed by atoms with E-state index >= 15 is 0 Å². The zero-order chi connectivity index (χ0) is 18.2. The van der Waals surface area contributed by atoms with Crippen LogP contribution in [0.4, 0.5) is 0 Å². The lowest BCUT2D eigenvalue weighted by Gasteiger charge is -2.43. The van der Waals surface area contributed by atoms with Crippen molar-refractivity contribution in [3.63, 3.8) is 0 Å². The molecule has 0 bridgehead atoms. The molecule has 3 aliphatic rings. The van der Waals surface area contributed by atoms with Gasteiger partial charge in [0.2, 0.25) is 5.91 Å². The van der Waals surface area contributed by atoms with Gasteiger partial charge in [-0.2, -0.15) is 0 Å². The van der Waals surface area contributed by atoms with Crippen molar-refractivity contribution in [2.75, 3.05) is 6.54 Å². The van der Waals surface area contributed by atoms with Crippen LogP contribution in [0.2, 0.25) is 0 Å². The average molecular weight is 350 g/mol. The third-order valence-corrected chi connectivity index (χ3v) is 7.02. The average Bonchev–Trinajstić information content (AvgIpc) is 2.98. The summed E-state index contributed by atoms with van der Waals surface area (Å²) in [7, 11) is 0. The molecule has 0 spiro atoms. The molecule has 144 valence electrons. The quantitative estimate of drug-likeness (QED) is 0.734. The molecule has 0 aromatic carbocycles. The molecule has 7 unspecified atom stereocenters. The fourth-order valence-electron chi connectivity index (χ4n) is 5.50. The molecule has 4 heteroatoms. The van der Waals surface area contributed by atoms with Crippen LogP contribution in [0, 0.1) is 23.2 Å². The standard InChI is InChI=1S/C21H39N3O/c1-13-8-6-10-15-12-16(23-17(13)15)20(25)24-19(21(3,4)5)18-14(2)9-7-11-22-18/h13-19,22-23H,6-12H2,1-5H3,(H,24,25). The zero-order valence-corrected chi connectivity index (χ0v) is 16.9. The molecule has 3 N–H and O–H groups in total. The number of carbonyl (C=O) groups excluding carboxylic acids is 1. The molecule has 1 aliphatic carbocycles. The fraction of sp³-hybridized carbons (Fsp3) is 0.952. The fourth-order valence-corrected chi connectivity index (χ4v) is 5.50. The lowest BCUT2D eigenvalue weighted by atomic mass is 9.75. The maximum atomic E-state index is 13.1. The Bertz CT molecular complexity index is 472. The molecule has 2 heterocycles. The summed E-state index contributed by atoms with van der Waals surface area (Å²) in [5.74, 6) is 2.23. The van der Waals surface area contributed by atoms with Gasteiger partial charge in [-0.15, -0.1) is 0 Å². The van der Waals surface area contributed by atoms with Crippen molar-refractivity contribution in [1.82, 2.24) is 16.0 Å². The van der Waals surface area contributed by atoms with E-state index in [1.54, 1.807) is 0 Å². The van der Waals surface area contributed by atoms with Crippen molar-refractivity contribution in [2.24, 2.45) is 23.2 Å². The molecule has 1 amide bonds. The monoisotopic (exact) mass is 349 g/mol. The van der Waals surface area contributed by atoms with Gasteiger partial charge in [0.25, 0.3) is 0 Å². The Morgan fingerprint density at radius 1 is 1.08 bits per heavy atom. The van der Waals surface area contributed by atoms with Gasteiger partial charge in [-0.3, -0.25) is 4.79 Å². The topological polar surface area (TPSA) is 53.2 Å². The van der Waals surface area contributed by atoms with E-state index in [1.807, 2.05) is 0 Å². The Morgan fingerprint density at radius 3 is 2.44 bits per heavy atom. The van der Waals surface area contributed by atoms with Crippen LogP contribution in [0.25, 0.3) is 0 Å². The van der Waals surface area contributed by atoms with Crippen LogP contribution < -0.4 is 16.0 Å². The predicted octanol–water partition coefficient (Wildman–Crippen LogP) is 3.07. The normalized spacial score (nSPS) is 40.4. The summed E-state index contributed by atoms with van der Waals surface area (Å²) in [4.78, 5) is 13.1. The van der Waals surface area contributed by atoms with E-state index < -0.39 is 0 Å². The van der Waals surface area contributed by atoms with E-state index in [1.165, 1.54) is 32.1 Å². The van der Waals surface area contributed by atoms with Gasteiger partial charge in [0.15, 0.2) is 0 Å². The van der Waals surface area contributed by atoms with E-state index in [0.717, 1.165) is 13.0 Å². The highest BCUT2D eigenvalue weighted by molar-refractivity contribution is 5.82. The highest BCUT2D eigenvalue weighted by Crippen LogP contribution is 2.37. The molecule has 3 fully saturated rings. The minimum atomic E-state index is -0.000651. The highest BCUT2D eigenvalue weighted by atomic mass is 16.2. The first-order valence-electron chi connectivity index (χ1n) is 10.6. The number of hydrogen-bond donors (Lipinski definition) is 3. The molecule has 25 heavy (non-hydrogen) atoms. The van der Waals surface area contributed by atoms with Gasteiger partial charge in [-0.25, -0.2) is 0 Å². The summed E-state index contributed by atoms with van der Waals surface area (Å²) in [5, 5.41) is 10.8. The Hall–Kier alpha value is -0.610. The largest absolute Gasteiger partial charge is 0.350 e. The zero-order valence-electron chi connectivity index (χ0n) is 16.9.